The summed E-state index contributed by atoms with van der Waals surface area (Å²) < 4.78 is 0. The van der Waals surface area contributed by atoms with Gasteiger partial charge in [-0.25, -0.2) is 0 Å². The van der Waals surface area contributed by atoms with Crippen LogP contribution in [0.4, 0.5) is 11.4 Å². The molecule has 0 aliphatic heterocycles. The van der Waals surface area contributed by atoms with E-state index in [0.29, 0.717) is 11.3 Å². The van der Waals surface area contributed by atoms with E-state index < -0.39 is 4.92 Å². The number of carbonyl (C=O) groups is 1. The second-order valence-electron chi connectivity index (χ2n) is 7.04. The van der Waals surface area contributed by atoms with E-state index in [9.17, 15) is 14.9 Å². The number of hydrogen-bond donors (Lipinski definition) is 2. The zero-order chi connectivity index (χ0) is 20.8. The Bertz CT molecular complexity index is 1000. The number of rotatable bonds is 7. The molecular weight excluding hydrogens is 366 g/mol. The van der Waals surface area contributed by atoms with E-state index in [2.05, 4.69) is 41.7 Å². The normalized spacial score (nSPS) is 11.7. The summed E-state index contributed by atoms with van der Waals surface area (Å²) in [6, 6.07) is 22.8. The first-order valence-corrected chi connectivity index (χ1v) is 9.44. The highest BCUT2D eigenvalue weighted by Crippen LogP contribution is 2.21. The monoisotopic (exact) mass is 390 g/mol. The number of aryl methyl sites for hydroxylation is 2. The molecule has 6 heteroatoms. The SMILES string of the molecule is Cc1ccc([C@H]([NH2+]CC(=O)Nc2ccc([N+](=O)[O-])cc2C)c2ccccc2)cc1. The number of hydrogen-bond acceptors (Lipinski definition) is 3. The Morgan fingerprint density at radius 3 is 2.28 bits per heavy atom. The van der Waals surface area contributed by atoms with E-state index >= 15 is 0 Å². The van der Waals surface area contributed by atoms with Gasteiger partial charge in [0, 0.05) is 28.9 Å². The number of amides is 1. The summed E-state index contributed by atoms with van der Waals surface area (Å²) in [7, 11) is 0. The van der Waals surface area contributed by atoms with Crippen LogP contribution in [0.2, 0.25) is 0 Å². The van der Waals surface area contributed by atoms with Crippen molar-refractivity contribution in [1.29, 1.82) is 0 Å². The second-order valence-corrected chi connectivity index (χ2v) is 7.04. The van der Waals surface area contributed by atoms with Gasteiger partial charge in [0.05, 0.1) is 4.92 Å². The van der Waals surface area contributed by atoms with Gasteiger partial charge >= 0.3 is 0 Å². The van der Waals surface area contributed by atoms with Gasteiger partial charge in [-0.05, 0) is 25.5 Å². The molecule has 1 amide bonds. The van der Waals surface area contributed by atoms with Gasteiger partial charge in [0.25, 0.3) is 11.6 Å². The number of benzene rings is 3. The average molecular weight is 390 g/mol. The summed E-state index contributed by atoms with van der Waals surface area (Å²) in [6.07, 6.45) is 0. The molecule has 0 fully saturated rings. The Morgan fingerprint density at radius 1 is 1.00 bits per heavy atom. The number of nitro benzene ring substituents is 1. The minimum Gasteiger partial charge on any atom is -0.328 e. The fourth-order valence-electron chi connectivity index (χ4n) is 3.23. The number of nitrogens with one attached hydrogen (secondary N) is 1. The van der Waals surface area contributed by atoms with Crippen LogP contribution in [0.15, 0.2) is 72.8 Å². The summed E-state index contributed by atoms with van der Waals surface area (Å²) in [5.74, 6) is -0.157. The van der Waals surface area contributed by atoms with Gasteiger partial charge in [0.15, 0.2) is 6.54 Å². The van der Waals surface area contributed by atoms with Crippen molar-refractivity contribution in [2.75, 3.05) is 11.9 Å². The highest BCUT2D eigenvalue weighted by molar-refractivity contribution is 5.92. The lowest BCUT2D eigenvalue weighted by Crippen LogP contribution is -2.87. The van der Waals surface area contributed by atoms with Crippen molar-refractivity contribution in [3.63, 3.8) is 0 Å². The molecular formula is C23H24N3O3+. The molecule has 3 rings (SSSR count). The molecule has 0 bridgehead atoms. The molecule has 29 heavy (non-hydrogen) atoms. The fraction of sp³-hybridized carbons (Fsp3) is 0.174. The summed E-state index contributed by atoms with van der Waals surface area (Å²) in [4.78, 5) is 23.0. The van der Waals surface area contributed by atoms with Gasteiger partial charge < -0.3 is 10.6 Å². The van der Waals surface area contributed by atoms with Crippen LogP contribution in [0, 0.1) is 24.0 Å². The standard InChI is InChI=1S/C23H23N3O3/c1-16-8-10-19(11-9-16)23(18-6-4-3-5-7-18)24-15-22(27)25-21-13-12-20(26(28)29)14-17(21)2/h3-14,23-24H,15H2,1-2H3,(H,25,27)/p+1/t23-/m1/s1. The van der Waals surface area contributed by atoms with Crippen molar-refractivity contribution < 1.29 is 15.0 Å². The Balaban J connectivity index is 1.71. The predicted octanol–water partition coefficient (Wildman–Crippen LogP) is 3.50. The summed E-state index contributed by atoms with van der Waals surface area (Å²) in [6.45, 7) is 4.01. The lowest BCUT2D eigenvalue weighted by molar-refractivity contribution is -0.676. The van der Waals surface area contributed by atoms with Crippen molar-refractivity contribution >= 4 is 17.3 Å². The summed E-state index contributed by atoms with van der Waals surface area (Å²) in [5, 5.41) is 15.7. The molecule has 0 saturated carbocycles. The van der Waals surface area contributed by atoms with Crippen molar-refractivity contribution in [3.05, 3.63) is 105 Å². The number of quaternary nitrogens is 1. The van der Waals surface area contributed by atoms with Gasteiger partial charge in [-0.2, -0.15) is 0 Å². The van der Waals surface area contributed by atoms with Crippen LogP contribution in [0.1, 0.15) is 28.3 Å². The first kappa shape index (κ1) is 20.2. The smallest absolute Gasteiger partial charge is 0.279 e. The van der Waals surface area contributed by atoms with Gasteiger partial charge in [-0.3, -0.25) is 14.9 Å². The Kier molecular flexibility index (Phi) is 6.36. The number of anilines is 1. The topological polar surface area (TPSA) is 88.8 Å². The van der Waals surface area contributed by atoms with Gasteiger partial charge in [0.1, 0.15) is 6.04 Å². The molecule has 148 valence electrons. The maximum Gasteiger partial charge on any atom is 0.279 e. The number of nitrogens with two attached hydrogens (primary N) is 1. The van der Waals surface area contributed by atoms with Crippen molar-refractivity contribution in [3.8, 4) is 0 Å². The average Bonchev–Trinajstić information content (AvgIpc) is 2.71. The second kappa shape index (κ2) is 9.12. The van der Waals surface area contributed by atoms with Crippen LogP contribution in [0.5, 0.6) is 0 Å². The molecule has 6 nitrogen and oxygen atoms in total. The predicted molar refractivity (Wildman–Crippen MR) is 113 cm³/mol. The zero-order valence-corrected chi connectivity index (χ0v) is 16.5. The summed E-state index contributed by atoms with van der Waals surface area (Å²) >= 11 is 0. The lowest BCUT2D eigenvalue weighted by atomic mass is 9.98. The molecule has 0 aromatic heterocycles. The molecule has 0 aliphatic rings. The highest BCUT2D eigenvalue weighted by Gasteiger charge is 2.19. The van der Waals surface area contributed by atoms with Crippen LogP contribution in [0.25, 0.3) is 0 Å². The molecule has 3 N–H and O–H groups in total. The van der Waals surface area contributed by atoms with Crippen molar-refractivity contribution in [2.24, 2.45) is 0 Å². The number of non-ortho nitro benzene ring substituents is 1. The fourth-order valence-corrected chi connectivity index (χ4v) is 3.23. The molecule has 0 saturated heterocycles. The van der Waals surface area contributed by atoms with Crippen LogP contribution >= 0.6 is 0 Å². The van der Waals surface area contributed by atoms with Gasteiger partial charge in [0.2, 0.25) is 0 Å². The molecule has 0 radical (unpaired) electrons. The van der Waals surface area contributed by atoms with Crippen molar-refractivity contribution in [2.45, 2.75) is 19.9 Å². The molecule has 0 aliphatic carbocycles. The zero-order valence-electron chi connectivity index (χ0n) is 16.5. The summed E-state index contributed by atoms with van der Waals surface area (Å²) in [5.41, 5.74) is 4.69. The van der Waals surface area contributed by atoms with E-state index in [4.69, 9.17) is 0 Å². The third kappa shape index (κ3) is 5.27. The maximum absolute atomic E-state index is 12.5. The molecule has 1 atom stereocenters. The van der Waals surface area contributed by atoms with E-state index in [1.54, 1.807) is 13.0 Å². The number of carbonyl (C=O) groups excluding carboxylic acids is 1. The van der Waals surface area contributed by atoms with E-state index in [1.807, 2.05) is 30.4 Å². The first-order chi connectivity index (χ1) is 13.9. The van der Waals surface area contributed by atoms with Crippen molar-refractivity contribution in [1.82, 2.24) is 0 Å². The third-order valence-corrected chi connectivity index (χ3v) is 4.83. The number of nitrogens with zero attached hydrogens (tertiary/aromatic N) is 1. The molecule has 0 heterocycles. The molecule has 3 aromatic carbocycles. The Hall–Kier alpha value is -3.51. The number of nitro groups is 1. The molecule has 3 aromatic rings. The lowest BCUT2D eigenvalue weighted by Gasteiger charge is -2.17. The van der Waals surface area contributed by atoms with Crippen LogP contribution < -0.4 is 10.6 Å². The Labute approximate surface area is 169 Å². The maximum atomic E-state index is 12.5. The van der Waals surface area contributed by atoms with E-state index in [0.717, 1.165) is 11.1 Å². The van der Waals surface area contributed by atoms with Gasteiger partial charge in [-0.1, -0.05) is 60.2 Å². The minimum absolute atomic E-state index is 0.000470. The van der Waals surface area contributed by atoms with Crippen LogP contribution in [-0.4, -0.2) is 17.4 Å². The third-order valence-electron chi connectivity index (χ3n) is 4.83. The largest absolute Gasteiger partial charge is 0.328 e. The molecule has 0 spiro atoms. The molecule has 0 unspecified atom stereocenters. The highest BCUT2D eigenvalue weighted by atomic mass is 16.6. The van der Waals surface area contributed by atoms with E-state index in [-0.39, 0.29) is 24.2 Å². The minimum atomic E-state index is -0.446. The first-order valence-electron chi connectivity index (χ1n) is 9.44. The van der Waals surface area contributed by atoms with Gasteiger partial charge in [-0.15, -0.1) is 0 Å². The van der Waals surface area contributed by atoms with Crippen LogP contribution in [-0.2, 0) is 4.79 Å². The quantitative estimate of drug-likeness (QED) is 0.478. The Morgan fingerprint density at radius 2 is 1.66 bits per heavy atom. The van der Waals surface area contributed by atoms with Crippen LogP contribution in [0.3, 0.4) is 0 Å². The van der Waals surface area contributed by atoms with E-state index in [1.165, 1.54) is 17.7 Å².